The second kappa shape index (κ2) is 7.59. The van der Waals surface area contributed by atoms with Gasteiger partial charge in [-0.25, -0.2) is 13.4 Å². The molecule has 1 aromatic heterocycles. The van der Waals surface area contributed by atoms with E-state index < -0.39 is 16.1 Å². The average molecular weight is 428 g/mol. The van der Waals surface area contributed by atoms with Gasteiger partial charge in [-0.3, -0.25) is 9.80 Å². The number of carbonyl (C=O) groups excluding carboxylic acids is 1. The van der Waals surface area contributed by atoms with Gasteiger partial charge in [-0.2, -0.15) is 0 Å². The fourth-order valence-electron chi connectivity index (χ4n) is 3.38. The third-order valence-corrected chi connectivity index (χ3v) is 6.31. The van der Waals surface area contributed by atoms with Crippen molar-refractivity contribution in [3.63, 3.8) is 0 Å². The van der Waals surface area contributed by atoms with E-state index in [0.29, 0.717) is 22.8 Å². The van der Waals surface area contributed by atoms with Crippen molar-refractivity contribution in [1.29, 1.82) is 0 Å². The first-order valence-electron chi connectivity index (χ1n) is 8.98. The molecular weight excluding hydrogens is 410 g/mol. The van der Waals surface area contributed by atoms with Crippen LogP contribution in [-0.2, 0) is 16.4 Å². The number of nitrogens with one attached hydrogen (secondary N) is 1. The van der Waals surface area contributed by atoms with Crippen molar-refractivity contribution in [2.75, 3.05) is 5.01 Å². The van der Waals surface area contributed by atoms with Gasteiger partial charge in [-0.1, -0.05) is 35.9 Å². The Labute approximate surface area is 174 Å². The number of aromatic nitrogens is 1. The number of hydrogen-bond acceptors (Lipinski definition) is 5. The molecule has 1 unspecified atom stereocenters. The number of anilines is 1. The molecule has 4 rings (SSSR count). The van der Waals surface area contributed by atoms with E-state index in [-0.39, 0.29) is 16.4 Å². The molecule has 8 heteroatoms. The quantitative estimate of drug-likeness (QED) is 0.630. The highest BCUT2D eigenvalue weighted by Crippen LogP contribution is 2.34. The molecule has 0 saturated heterocycles. The normalized spacial score (nSPS) is 15.9. The first kappa shape index (κ1) is 19.6. The topological polar surface area (TPSA) is 79.4 Å². The molecule has 0 spiro atoms. The molecule has 0 aliphatic carbocycles. The summed E-state index contributed by atoms with van der Waals surface area (Å²) in [6, 6.07) is 17.6. The number of benzene rings is 2. The van der Waals surface area contributed by atoms with Crippen LogP contribution in [0.5, 0.6) is 0 Å². The van der Waals surface area contributed by atoms with Gasteiger partial charge in [-0.15, -0.1) is 4.83 Å². The molecule has 0 radical (unpaired) electrons. The lowest BCUT2D eigenvalue weighted by Gasteiger charge is -2.26. The van der Waals surface area contributed by atoms with Crippen molar-refractivity contribution < 1.29 is 13.2 Å². The largest absolute Gasteiger partial charge is 0.290 e. The van der Waals surface area contributed by atoms with Crippen molar-refractivity contribution in [3.8, 4) is 0 Å². The second-order valence-corrected chi connectivity index (χ2v) is 8.90. The minimum Gasteiger partial charge on any atom is -0.290 e. The molecule has 1 N–H and O–H groups in total. The van der Waals surface area contributed by atoms with E-state index in [9.17, 15) is 13.2 Å². The molecular formula is C21H18ClN3O3S. The molecule has 3 aromatic rings. The summed E-state index contributed by atoms with van der Waals surface area (Å²) >= 11 is 6.11. The van der Waals surface area contributed by atoms with Crippen molar-refractivity contribution in [2.24, 2.45) is 0 Å². The number of Topliss-reactive ketones (excluding diaryl/α,β-unsaturated/α-hetero) is 1. The zero-order valence-electron chi connectivity index (χ0n) is 15.5. The van der Waals surface area contributed by atoms with Gasteiger partial charge in [0, 0.05) is 17.1 Å². The Morgan fingerprint density at radius 1 is 1.10 bits per heavy atom. The summed E-state index contributed by atoms with van der Waals surface area (Å²) in [7, 11) is -3.88. The Hall–Kier alpha value is -2.74. The number of pyridine rings is 1. The van der Waals surface area contributed by atoms with Crippen LogP contribution < -0.4 is 9.84 Å². The maximum atomic E-state index is 13.2. The van der Waals surface area contributed by atoms with E-state index in [0.717, 1.165) is 5.56 Å². The number of sulfonamides is 1. The van der Waals surface area contributed by atoms with Crippen LogP contribution in [-0.4, -0.2) is 25.2 Å². The van der Waals surface area contributed by atoms with Gasteiger partial charge in [0.15, 0.2) is 0 Å². The lowest BCUT2D eigenvalue weighted by atomic mass is 10.0. The van der Waals surface area contributed by atoms with Gasteiger partial charge < -0.3 is 0 Å². The number of ketones is 1. The van der Waals surface area contributed by atoms with E-state index in [1.165, 1.54) is 17.1 Å². The Morgan fingerprint density at radius 3 is 2.59 bits per heavy atom. The zero-order chi connectivity index (χ0) is 20.6. The van der Waals surface area contributed by atoms with E-state index >= 15 is 0 Å². The fraction of sp³-hybridized carbons (Fsp3) is 0.143. The summed E-state index contributed by atoms with van der Waals surface area (Å²) in [6.07, 6.45) is 0.321. The third-order valence-electron chi connectivity index (χ3n) is 4.74. The van der Waals surface area contributed by atoms with Gasteiger partial charge in [0.05, 0.1) is 10.6 Å². The minimum atomic E-state index is -3.88. The maximum Gasteiger partial charge on any atom is 0.257 e. The standard InChI is InChI=1S/C21H18ClN3O3S/c1-14-6-5-9-18(23-14)21(26)20-13-15-12-16(22)10-11-19(15)25(20)24-29(27,28)17-7-3-2-4-8-17/h2-12,20,24H,13H2,1H3. The third kappa shape index (κ3) is 3.89. The molecule has 29 heavy (non-hydrogen) atoms. The number of halogens is 1. The van der Waals surface area contributed by atoms with Crippen LogP contribution in [0.4, 0.5) is 5.69 Å². The lowest BCUT2D eigenvalue weighted by molar-refractivity contribution is 0.0954. The number of nitrogens with zero attached hydrogens (tertiary/aromatic N) is 2. The van der Waals surface area contributed by atoms with Gasteiger partial charge in [-0.05, 0) is 55.0 Å². The van der Waals surface area contributed by atoms with Crippen LogP contribution in [0.2, 0.25) is 5.02 Å². The summed E-state index contributed by atoms with van der Waals surface area (Å²) in [5.41, 5.74) is 2.39. The number of fused-ring (bicyclic) bond motifs is 1. The molecule has 2 aromatic carbocycles. The maximum absolute atomic E-state index is 13.2. The SMILES string of the molecule is Cc1cccc(C(=O)C2Cc3cc(Cl)ccc3N2NS(=O)(=O)c2ccccc2)n1. The highest BCUT2D eigenvalue weighted by molar-refractivity contribution is 7.89. The van der Waals surface area contributed by atoms with Crippen LogP contribution in [0.15, 0.2) is 71.6 Å². The van der Waals surface area contributed by atoms with Crippen LogP contribution in [0.1, 0.15) is 21.7 Å². The molecule has 0 saturated carbocycles. The summed E-state index contributed by atoms with van der Waals surface area (Å²) in [6.45, 7) is 1.80. The number of aryl methyl sites for hydroxylation is 1. The lowest BCUT2D eigenvalue weighted by Crippen LogP contribution is -2.50. The monoisotopic (exact) mass is 427 g/mol. The van der Waals surface area contributed by atoms with Crippen LogP contribution in [0.3, 0.4) is 0 Å². The summed E-state index contributed by atoms with van der Waals surface area (Å²) in [5, 5.41) is 1.93. The molecule has 0 amide bonds. The van der Waals surface area contributed by atoms with Crippen LogP contribution in [0, 0.1) is 6.92 Å². The van der Waals surface area contributed by atoms with Gasteiger partial charge in [0.1, 0.15) is 11.7 Å². The van der Waals surface area contributed by atoms with E-state index in [1.807, 2.05) is 0 Å². The Kier molecular flexibility index (Phi) is 5.12. The minimum absolute atomic E-state index is 0.113. The van der Waals surface area contributed by atoms with Crippen molar-refractivity contribution >= 4 is 33.1 Å². The first-order valence-corrected chi connectivity index (χ1v) is 10.8. The molecule has 1 atom stereocenters. The molecule has 2 heterocycles. The number of hydrazine groups is 1. The number of rotatable bonds is 5. The summed E-state index contributed by atoms with van der Waals surface area (Å²) < 4.78 is 25.8. The Balaban J connectivity index is 1.74. The number of hydrogen-bond donors (Lipinski definition) is 1. The molecule has 0 bridgehead atoms. The predicted molar refractivity (Wildman–Crippen MR) is 111 cm³/mol. The molecule has 1 aliphatic heterocycles. The van der Waals surface area contributed by atoms with Crippen molar-refractivity contribution in [1.82, 2.24) is 9.82 Å². The van der Waals surface area contributed by atoms with E-state index in [1.54, 1.807) is 61.5 Å². The smallest absolute Gasteiger partial charge is 0.257 e. The Bertz CT molecular complexity index is 1180. The van der Waals surface area contributed by atoms with Crippen LogP contribution in [0.25, 0.3) is 0 Å². The molecule has 0 fully saturated rings. The first-order chi connectivity index (χ1) is 13.8. The van der Waals surface area contributed by atoms with E-state index in [2.05, 4.69) is 9.82 Å². The summed E-state index contributed by atoms with van der Waals surface area (Å²) in [5.74, 6) is -0.267. The van der Waals surface area contributed by atoms with Gasteiger partial charge in [0.2, 0.25) is 5.78 Å². The van der Waals surface area contributed by atoms with Crippen LogP contribution >= 0.6 is 11.6 Å². The predicted octanol–water partition coefficient (Wildman–Crippen LogP) is 3.55. The average Bonchev–Trinajstić information content (AvgIpc) is 3.05. The summed E-state index contributed by atoms with van der Waals surface area (Å²) in [4.78, 5) is 20.2. The highest BCUT2D eigenvalue weighted by Gasteiger charge is 2.38. The molecule has 1 aliphatic rings. The molecule has 148 valence electrons. The second-order valence-electron chi connectivity index (χ2n) is 6.80. The fourth-order valence-corrected chi connectivity index (χ4v) is 4.68. The molecule has 6 nitrogen and oxygen atoms in total. The highest BCUT2D eigenvalue weighted by atomic mass is 35.5. The number of carbonyl (C=O) groups is 1. The Morgan fingerprint density at radius 2 is 1.86 bits per heavy atom. The van der Waals surface area contributed by atoms with Crippen molar-refractivity contribution in [3.05, 3.63) is 88.7 Å². The van der Waals surface area contributed by atoms with Gasteiger partial charge in [0.25, 0.3) is 10.0 Å². The van der Waals surface area contributed by atoms with E-state index in [4.69, 9.17) is 11.6 Å². The van der Waals surface area contributed by atoms with Gasteiger partial charge >= 0.3 is 0 Å². The zero-order valence-corrected chi connectivity index (χ0v) is 17.1. The van der Waals surface area contributed by atoms with Crippen molar-refractivity contribution in [2.45, 2.75) is 24.3 Å².